The van der Waals surface area contributed by atoms with E-state index in [0.29, 0.717) is 22.4 Å². The zero-order valence-corrected chi connectivity index (χ0v) is 11.8. The molecule has 0 saturated carbocycles. The van der Waals surface area contributed by atoms with Crippen LogP contribution in [0.5, 0.6) is 0 Å². The zero-order chi connectivity index (χ0) is 13.9. The summed E-state index contributed by atoms with van der Waals surface area (Å²) in [5.74, 6) is 6.92. The summed E-state index contributed by atoms with van der Waals surface area (Å²) >= 11 is 5.86. The van der Waals surface area contributed by atoms with Crippen LogP contribution in [-0.2, 0) is 12.8 Å². The molecular weight excluding hydrogens is 274 g/mol. The number of pyridine rings is 1. The summed E-state index contributed by atoms with van der Waals surface area (Å²) in [6, 6.07) is 3.61. The first-order valence-electron chi connectivity index (χ1n) is 6.76. The van der Waals surface area contributed by atoms with Crippen molar-refractivity contribution in [3.8, 4) is 11.5 Å². The average molecular weight is 290 g/mol. The average Bonchev–Trinajstić information content (AvgIpc) is 2.72. The Bertz CT molecular complexity index is 612. The van der Waals surface area contributed by atoms with Gasteiger partial charge in [-0.25, -0.2) is 15.8 Å². The Morgan fingerprint density at radius 2 is 1.95 bits per heavy atom. The molecule has 0 saturated heterocycles. The number of hydrazine groups is 1. The number of hydrogen-bond acceptors (Lipinski definition) is 5. The maximum Gasteiger partial charge on any atom is 0.180 e. The van der Waals surface area contributed by atoms with E-state index in [0.717, 1.165) is 36.9 Å². The number of anilines is 1. The second-order valence-corrected chi connectivity index (χ2v) is 5.32. The topological polar surface area (TPSA) is 76.7 Å². The molecule has 0 amide bonds. The van der Waals surface area contributed by atoms with Crippen LogP contribution in [0.3, 0.4) is 0 Å². The van der Waals surface area contributed by atoms with Crippen molar-refractivity contribution in [3.63, 3.8) is 0 Å². The molecule has 3 rings (SSSR count). The van der Waals surface area contributed by atoms with Crippen molar-refractivity contribution in [1.29, 1.82) is 0 Å². The van der Waals surface area contributed by atoms with Gasteiger partial charge in [-0.3, -0.25) is 4.98 Å². The minimum absolute atomic E-state index is 0.593. The van der Waals surface area contributed by atoms with E-state index in [4.69, 9.17) is 17.4 Å². The molecule has 2 aromatic heterocycles. The van der Waals surface area contributed by atoms with Crippen LogP contribution in [0.4, 0.5) is 5.82 Å². The number of rotatable bonds is 2. The van der Waals surface area contributed by atoms with Gasteiger partial charge in [0.2, 0.25) is 0 Å². The van der Waals surface area contributed by atoms with Crippen LogP contribution in [0.25, 0.3) is 11.5 Å². The van der Waals surface area contributed by atoms with Gasteiger partial charge in [0.25, 0.3) is 0 Å². The maximum atomic E-state index is 5.86. The summed E-state index contributed by atoms with van der Waals surface area (Å²) < 4.78 is 0. The lowest BCUT2D eigenvalue weighted by Crippen LogP contribution is -2.14. The maximum absolute atomic E-state index is 5.86. The fraction of sp³-hybridized carbons (Fsp3) is 0.357. The van der Waals surface area contributed by atoms with Gasteiger partial charge in [0, 0.05) is 17.5 Å². The fourth-order valence-corrected chi connectivity index (χ4v) is 2.62. The quantitative estimate of drug-likeness (QED) is 0.505. The lowest BCUT2D eigenvalue weighted by atomic mass is 10.1. The molecular formula is C14H16ClN5. The number of nitrogens with one attached hydrogen (secondary N) is 1. The number of nitrogens with two attached hydrogens (primary N) is 1. The van der Waals surface area contributed by atoms with Gasteiger partial charge >= 0.3 is 0 Å². The predicted molar refractivity (Wildman–Crippen MR) is 79.3 cm³/mol. The second kappa shape index (κ2) is 5.73. The van der Waals surface area contributed by atoms with Gasteiger partial charge in [-0.1, -0.05) is 18.0 Å². The van der Waals surface area contributed by atoms with Crippen molar-refractivity contribution in [2.75, 3.05) is 5.43 Å². The Kier molecular flexibility index (Phi) is 3.80. The van der Waals surface area contributed by atoms with Crippen LogP contribution in [0, 0.1) is 0 Å². The van der Waals surface area contributed by atoms with Gasteiger partial charge in [-0.05, 0) is 37.8 Å². The van der Waals surface area contributed by atoms with Gasteiger partial charge in [-0.2, -0.15) is 0 Å². The summed E-state index contributed by atoms with van der Waals surface area (Å²) in [4.78, 5) is 13.4. The van der Waals surface area contributed by atoms with Crippen LogP contribution in [-0.4, -0.2) is 15.0 Å². The molecule has 104 valence electrons. The van der Waals surface area contributed by atoms with E-state index < -0.39 is 0 Å². The summed E-state index contributed by atoms with van der Waals surface area (Å²) in [6.07, 6.45) is 7.07. The Morgan fingerprint density at radius 3 is 2.70 bits per heavy atom. The van der Waals surface area contributed by atoms with E-state index in [-0.39, 0.29) is 0 Å². The Labute approximate surface area is 122 Å². The lowest BCUT2D eigenvalue weighted by Gasteiger charge is -2.12. The standard InChI is InChI=1S/C14H16ClN5/c15-9-6-7-12(17-8-9)14-18-11-5-3-1-2-4-10(11)13(19-14)20-16/h6-8H,1-5,16H2,(H,18,19,20). The molecule has 1 aliphatic rings. The van der Waals surface area contributed by atoms with Gasteiger partial charge < -0.3 is 5.43 Å². The number of nitrogens with zero attached hydrogens (tertiary/aromatic N) is 3. The van der Waals surface area contributed by atoms with Crippen LogP contribution in [0.1, 0.15) is 30.5 Å². The highest BCUT2D eigenvalue weighted by Crippen LogP contribution is 2.27. The number of hydrogen-bond donors (Lipinski definition) is 2. The van der Waals surface area contributed by atoms with Gasteiger partial charge in [0.05, 0.1) is 5.02 Å². The van der Waals surface area contributed by atoms with E-state index in [9.17, 15) is 0 Å². The number of aryl methyl sites for hydroxylation is 1. The molecule has 0 aromatic carbocycles. The van der Waals surface area contributed by atoms with Crippen LogP contribution < -0.4 is 11.3 Å². The number of nitrogen functional groups attached to an aromatic ring is 1. The van der Waals surface area contributed by atoms with Gasteiger partial charge in [-0.15, -0.1) is 0 Å². The highest BCUT2D eigenvalue weighted by atomic mass is 35.5. The van der Waals surface area contributed by atoms with E-state index in [1.807, 2.05) is 6.07 Å². The monoisotopic (exact) mass is 289 g/mol. The largest absolute Gasteiger partial charge is 0.308 e. The number of halogens is 1. The Balaban J connectivity index is 2.08. The Morgan fingerprint density at radius 1 is 1.10 bits per heavy atom. The second-order valence-electron chi connectivity index (χ2n) is 4.89. The molecule has 0 bridgehead atoms. The lowest BCUT2D eigenvalue weighted by molar-refractivity contribution is 0.709. The minimum atomic E-state index is 0.593. The van der Waals surface area contributed by atoms with E-state index in [1.165, 1.54) is 6.42 Å². The summed E-state index contributed by atoms with van der Waals surface area (Å²) in [5, 5.41) is 0.598. The highest BCUT2D eigenvalue weighted by Gasteiger charge is 2.17. The molecule has 0 aliphatic heterocycles. The van der Waals surface area contributed by atoms with Crippen LogP contribution >= 0.6 is 11.6 Å². The van der Waals surface area contributed by atoms with Crippen molar-refractivity contribution in [2.45, 2.75) is 32.1 Å². The SMILES string of the molecule is NNc1nc(-c2ccc(Cl)cn2)nc2c1CCCCC2. The smallest absolute Gasteiger partial charge is 0.180 e. The molecule has 2 aromatic rings. The van der Waals surface area contributed by atoms with Crippen molar-refractivity contribution in [2.24, 2.45) is 5.84 Å². The normalized spacial score (nSPS) is 14.5. The molecule has 0 spiro atoms. The van der Waals surface area contributed by atoms with Crippen LogP contribution in [0.15, 0.2) is 18.3 Å². The minimum Gasteiger partial charge on any atom is -0.308 e. The van der Waals surface area contributed by atoms with E-state index >= 15 is 0 Å². The van der Waals surface area contributed by atoms with E-state index in [1.54, 1.807) is 12.3 Å². The molecule has 3 N–H and O–H groups in total. The first kappa shape index (κ1) is 13.3. The van der Waals surface area contributed by atoms with Crippen molar-refractivity contribution in [3.05, 3.63) is 34.6 Å². The Hall–Kier alpha value is -1.72. The summed E-state index contributed by atoms with van der Waals surface area (Å²) in [5.41, 5.74) is 5.63. The fourth-order valence-electron chi connectivity index (χ4n) is 2.51. The van der Waals surface area contributed by atoms with Gasteiger partial charge in [0.15, 0.2) is 5.82 Å². The first-order valence-corrected chi connectivity index (χ1v) is 7.14. The third kappa shape index (κ3) is 2.59. The molecule has 0 fully saturated rings. The zero-order valence-electron chi connectivity index (χ0n) is 11.1. The highest BCUT2D eigenvalue weighted by molar-refractivity contribution is 6.30. The van der Waals surface area contributed by atoms with Crippen molar-refractivity contribution >= 4 is 17.4 Å². The van der Waals surface area contributed by atoms with E-state index in [2.05, 4.69) is 20.4 Å². The summed E-state index contributed by atoms with van der Waals surface area (Å²) in [7, 11) is 0. The first-order chi connectivity index (χ1) is 9.78. The molecule has 20 heavy (non-hydrogen) atoms. The number of aromatic nitrogens is 3. The molecule has 0 atom stereocenters. The third-order valence-electron chi connectivity index (χ3n) is 3.53. The van der Waals surface area contributed by atoms with Crippen LogP contribution in [0.2, 0.25) is 5.02 Å². The molecule has 0 radical (unpaired) electrons. The van der Waals surface area contributed by atoms with Gasteiger partial charge in [0.1, 0.15) is 11.5 Å². The predicted octanol–water partition coefficient (Wildman–Crippen LogP) is 2.75. The molecule has 2 heterocycles. The third-order valence-corrected chi connectivity index (χ3v) is 3.75. The molecule has 5 nitrogen and oxygen atoms in total. The van der Waals surface area contributed by atoms with Crippen molar-refractivity contribution < 1.29 is 0 Å². The molecule has 1 aliphatic carbocycles. The summed E-state index contributed by atoms with van der Waals surface area (Å²) in [6.45, 7) is 0. The number of fused-ring (bicyclic) bond motifs is 1. The van der Waals surface area contributed by atoms with Crippen molar-refractivity contribution in [1.82, 2.24) is 15.0 Å². The molecule has 6 heteroatoms. The molecule has 0 unspecified atom stereocenters.